The van der Waals surface area contributed by atoms with Crippen molar-refractivity contribution in [3.8, 4) is 0 Å². The first-order chi connectivity index (χ1) is 9.11. The van der Waals surface area contributed by atoms with Crippen LogP contribution < -0.4 is 11.5 Å². The molecule has 1 aromatic heterocycles. The van der Waals surface area contributed by atoms with Crippen molar-refractivity contribution in [2.45, 2.75) is 19.4 Å². The zero-order valence-corrected chi connectivity index (χ0v) is 10.6. The molecule has 1 aliphatic rings. The second-order valence-corrected chi connectivity index (χ2v) is 4.59. The van der Waals surface area contributed by atoms with Gasteiger partial charge in [-0.05, 0) is 37.3 Å². The van der Waals surface area contributed by atoms with Crippen LogP contribution in [0.15, 0.2) is 39.7 Å². The number of ether oxygens (including phenoxy) is 1. The summed E-state index contributed by atoms with van der Waals surface area (Å²) in [5.74, 6) is 1.73. The van der Waals surface area contributed by atoms with Crippen molar-refractivity contribution in [2.24, 2.45) is 10.7 Å². The average Bonchev–Trinajstić information content (AvgIpc) is 2.76. The Morgan fingerprint density at radius 3 is 2.79 bits per heavy atom. The highest BCUT2D eigenvalue weighted by Gasteiger charge is 2.24. The normalized spacial score (nSPS) is 17.5. The van der Waals surface area contributed by atoms with Gasteiger partial charge in [0.25, 0.3) is 6.02 Å². The summed E-state index contributed by atoms with van der Waals surface area (Å²) in [4.78, 5) is 4.17. The fourth-order valence-electron chi connectivity index (χ4n) is 2.22. The number of hydrogen-bond acceptors (Lipinski definition) is 5. The third-order valence-electron chi connectivity index (χ3n) is 3.07. The first-order valence-corrected chi connectivity index (χ1v) is 6.07. The van der Waals surface area contributed by atoms with Crippen molar-refractivity contribution in [1.82, 2.24) is 0 Å². The number of furan rings is 1. The molecule has 0 saturated heterocycles. The van der Waals surface area contributed by atoms with Crippen LogP contribution >= 0.6 is 0 Å². The van der Waals surface area contributed by atoms with Crippen LogP contribution in [0.25, 0.3) is 0 Å². The summed E-state index contributed by atoms with van der Waals surface area (Å²) in [7, 11) is 0. The molecule has 3 rings (SSSR count). The molecule has 1 unspecified atom stereocenters. The van der Waals surface area contributed by atoms with E-state index in [1.165, 1.54) is 0 Å². The van der Waals surface area contributed by atoms with Crippen LogP contribution in [-0.2, 0) is 11.2 Å². The van der Waals surface area contributed by atoms with Gasteiger partial charge in [-0.3, -0.25) is 0 Å². The SMILES string of the molecule is Cc1ccc(CC2OC(N)=Nc3ccc(N)cc32)o1. The smallest absolute Gasteiger partial charge is 0.287 e. The summed E-state index contributed by atoms with van der Waals surface area (Å²) in [6.45, 7) is 1.91. The third-order valence-corrected chi connectivity index (χ3v) is 3.07. The summed E-state index contributed by atoms with van der Waals surface area (Å²) >= 11 is 0. The number of anilines is 1. The Bertz CT molecular complexity index is 646. The standard InChI is InChI=1S/C14H15N3O2/c1-8-2-4-10(18-8)7-13-11-6-9(15)3-5-12(11)17-14(16)19-13/h2-6,13H,7,15H2,1H3,(H2,16,17). The van der Waals surface area contributed by atoms with Crippen molar-refractivity contribution < 1.29 is 9.15 Å². The van der Waals surface area contributed by atoms with E-state index in [4.69, 9.17) is 20.6 Å². The minimum absolute atomic E-state index is 0.172. The fourth-order valence-corrected chi connectivity index (χ4v) is 2.22. The Hall–Kier alpha value is -2.43. The molecule has 4 N–H and O–H groups in total. The number of amidine groups is 1. The van der Waals surface area contributed by atoms with E-state index < -0.39 is 0 Å². The quantitative estimate of drug-likeness (QED) is 0.809. The van der Waals surface area contributed by atoms with E-state index in [2.05, 4.69) is 4.99 Å². The van der Waals surface area contributed by atoms with Crippen molar-refractivity contribution in [3.05, 3.63) is 47.4 Å². The van der Waals surface area contributed by atoms with Crippen molar-refractivity contribution in [2.75, 3.05) is 5.73 Å². The van der Waals surface area contributed by atoms with Gasteiger partial charge < -0.3 is 20.6 Å². The molecule has 1 atom stereocenters. The predicted octanol–water partition coefficient (Wildman–Crippen LogP) is 2.43. The fraction of sp³-hybridized carbons (Fsp3) is 0.214. The second-order valence-electron chi connectivity index (χ2n) is 4.59. The number of aryl methyl sites for hydroxylation is 1. The molecule has 1 aromatic carbocycles. The number of aliphatic imine (C=N–C) groups is 1. The van der Waals surface area contributed by atoms with E-state index in [0.717, 1.165) is 22.8 Å². The molecule has 1 aliphatic heterocycles. The Morgan fingerprint density at radius 1 is 1.21 bits per heavy atom. The molecule has 0 saturated carbocycles. The van der Waals surface area contributed by atoms with E-state index >= 15 is 0 Å². The Kier molecular flexibility index (Phi) is 2.67. The van der Waals surface area contributed by atoms with Crippen LogP contribution in [0, 0.1) is 6.92 Å². The molecular weight excluding hydrogens is 242 g/mol. The average molecular weight is 257 g/mol. The zero-order chi connectivity index (χ0) is 13.4. The van der Waals surface area contributed by atoms with Gasteiger partial charge in [-0.2, -0.15) is 4.99 Å². The zero-order valence-electron chi connectivity index (χ0n) is 10.6. The monoisotopic (exact) mass is 257 g/mol. The molecule has 0 fully saturated rings. The second kappa shape index (κ2) is 4.35. The van der Waals surface area contributed by atoms with E-state index in [9.17, 15) is 0 Å². The molecule has 0 spiro atoms. The van der Waals surface area contributed by atoms with Crippen molar-refractivity contribution in [1.29, 1.82) is 0 Å². The maximum atomic E-state index is 5.82. The van der Waals surface area contributed by atoms with Crippen molar-refractivity contribution >= 4 is 17.4 Å². The summed E-state index contributed by atoms with van der Waals surface area (Å²) in [5.41, 5.74) is 13.9. The lowest BCUT2D eigenvalue weighted by Gasteiger charge is -2.23. The van der Waals surface area contributed by atoms with Gasteiger partial charge in [0.15, 0.2) is 0 Å². The molecule has 98 valence electrons. The minimum atomic E-state index is -0.221. The largest absolute Gasteiger partial charge is 0.466 e. The summed E-state index contributed by atoms with van der Waals surface area (Å²) in [6, 6.07) is 9.55. The number of benzene rings is 1. The molecule has 5 heteroatoms. The van der Waals surface area contributed by atoms with Gasteiger partial charge in [0, 0.05) is 17.7 Å². The number of hydrogen-bond donors (Lipinski definition) is 2. The van der Waals surface area contributed by atoms with Gasteiger partial charge in [0.1, 0.15) is 17.6 Å². The topological polar surface area (TPSA) is 86.8 Å². The highest BCUT2D eigenvalue weighted by molar-refractivity contribution is 5.79. The van der Waals surface area contributed by atoms with Gasteiger partial charge in [0.2, 0.25) is 0 Å². The van der Waals surface area contributed by atoms with Crippen molar-refractivity contribution in [3.63, 3.8) is 0 Å². The van der Waals surface area contributed by atoms with Crippen LogP contribution in [0.5, 0.6) is 0 Å². The maximum Gasteiger partial charge on any atom is 0.287 e. The Balaban J connectivity index is 1.95. The van der Waals surface area contributed by atoms with E-state index in [1.807, 2.05) is 31.2 Å². The number of rotatable bonds is 2. The molecule has 2 aromatic rings. The Morgan fingerprint density at radius 2 is 2.05 bits per heavy atom. The van der Waals surface area contributed by atoms with Crippen LogP contribution in [0.1, 0.15) is 23.2 Å². The molecule has 5 nitrogen and oxygen atoms in total. The summed E-state index contributed by atoms with van der Waals surface area (Å²) in [6.07, 6.45) is 0.377. The lowest BCUT2D eigenvalue weighted by Crippen LogP contribution is -2.24. The molecule has 0 bridgehead atoms. The summed E-state index contributed by atoms with van der Waals surface area (Å²) in [5, 5.41) is 0. The van der Waals surface area contributed by atoms with Gasteiger partial charge in [0.05, 0.1) is 5.69 Å². The summed E-state index contributed by atoms with van der Waals surface area (Å²) < 4.78 is 11.2. The van der Waals surface area contributed by atoms with Crippen LogP contribution in [-0.4, -0.2) is 6.02 Å². The molecule has 19 heavy (non-hydrogen) atoms. The maximum absolute atomic E-state index is 5.82. The molecule has 0 aliphatic carbocycles. The van der Waals surface area contributed by atoms with Gasteiger partial charge in [-0.25, -0.2) is 0 Å². The number of nitrogens with two attached hydrogens (primary N) is 2. The highest BCUT2D eigenvalue weighted by Crippen LogP contribution is 2.35. The van der Waals surface area contributed by atoms with E-state index in [-0.39, 0.29) is 12.1 Å². The number of nitrogens with zero attached hydrogens (tertiary/aromatic N) is 1. The first-order valence-electron chi connectivity index (χ1n) is 6.07. The minimum Gasteiger partial charge on any atom is -0.466 e. The molecule has 0 amide bonds. The van der Waals surface area contributed by atoms with E-state index in [0.29, 0.717) is 12.1 Å². The lowest BCUT2D eigenvalue weighted by atomic mass is 10.0. The van der Waals surface area contributed by atoms with Gasteiger partial charge >= 0.3 is 0 Å². The lowest BCUT2D eigenvalue weighted by molar-refractivity contribution is 0.176. The molecule has 0 radical (unpaired) electrons. The van der Waals surface area contributed by atoms with Gasteiger partial charge in [-0.15, -0.1) is 0 Å². The number of fused-ring (bicyclic) bond motifs is 1. The van der Waals surface area contributed by atoms with Crippen LogP contribution in [0.4, 0.5) is 11.4 Å². The Labute approximate surface area is 110 Å². The highest BCUT2D eigenvalue weighted by atomic mass is 16.5. The van der Waals surface area contributed by atoms with Gasteiger partial charge in [-0.1, -0.05) is 0 Å². The van der Waals surface area contributed by atoms with E-state index in [1.54, 1.807) is 6.07 Å². The first kappa shape index (κ1) is 11.6. The number of nitrogen functional groups attached to an aromatic ring is 1. The molecule has 2 heterocycles. The van der Waals surface area contributed by atoms with Crippen LogP contribution in [0.2, 0.25) is 0 Å². The predicted molar refractivity (Wildman–Crippen MR) is 73.1 cm³/mol. The third kappa shape index (κ3) is 2.27. The van der Waals surface area contributed by atoms with Crippen LogP contribution in [0.3, 0.4) is 0 Å². The molecular formula is C14H15N3O2.